The Hall–Kier alpha value is -1.49. The molecule has 0 amide bonds. The van der Waals surface area contributed by atoms with Crippen molar-refractivity contribution in [3.8, 4) is 0 Å². The first-order valence-corrected chi connectivity index (χ1v) is 6.17. The summed E-state index contributed by atoms with van der Waals surface area (Å²) in [6.07, 6.45) is 1.71. The van der Waals surface area contributed by atoms with Crippen molar-refractivity contribution >= 4 is 11.8 Å². The van der Waals surface area contributed by atoms with Gasteiger partial charge in [0.25, 0.3) is 0 Å². The molecule has 0 radical (unpaired) electrons. The zero-order valence-corrected chi connectivity index (χ0v) is 9.74. The van der Waals surface area contributed by atoms with Crippen LogP contribution in [0.15, 0.2) is 35.7 Å². The predicted octanol–water partition coefficient (Wildman–Crippen LogP) is 1.98. The van der Waals surface area contributed by atoms with Gasteiger partial charge in [-0.25, -0.2) is 4.68 Å². The van der Waals surface area contributed by atoms with Crippen LogP contribution >= 0.6 is 11.8 Å². The number of benzene rings is 1. The van der Waals surface area contributed by atoms with E-state index < -0.39 is 0 Å². The van der Waals surface area contributed by atoms with Gasteiger partial charge in [-0.3, -0.25) is 0 Å². The number of nitrogens with zero attached hydrogens (tertiary/aromatic N) is 3. The normalized spacial score (nSPS) is 18.9. The zero-order valence-electron chi connectivity index (χ0n) is 8.92. The average molecular weight is 232 g/mol. The lowest BCUT2D eigenvalue weighted by molar-refractivity contribution is 0.658. The topological polar surface area (TPSA) is 42.7 Å². The molecule has 4 nitrogen and oxygen atoms in total. The third-order valence-electron chi connectivity index (χ3n) is 2.63. The third kappa shape index (κ3) is 1.67. The Labute approximate surface area is 98.0 Å². The molecule has 16 heavy (non-hydrogen) atoms. The van der Waals surface area contributed by atoms with E-state index in [1.165, 1.54) is 11.1 Å². The second kappa shape index (κ2) is 3.83. The fraction of sp³-hybridized carbons (Fsp3) is 0.273. The van der Waals surface area contributed by atoms with E-state index in [2.05, 4.69) is 46.8 Å². The average Bonchev–Trinajstić information content (AvgIpc) is 2.75. The predicted molar refractivity (Wildman–Crippen MR) is 64.0 cm³/mol. The van der Waals surface area contributed by atoms with Gasteiger partial charge in [-0.2, -0.15) is 0 Å². The highest BCUT2D eigenvalue weighted by molar-refractivity contribution is 7.99. The van der Waals surface area contributed by atoms with Gasteiger partial charge in [-0.05, 0) is 12.5 Å². The van der Waals surface area contributed by atoms with Gasteiger partial charge < -0.3 is 5.43 Å². The lowest BCUT2D eigenvalue weighted by Gasteiger charge is -2.25. The van der Waals surface area contributed by atoms with Gasteiger partial charge in [0, 0.05) is 5.75 Å². The summed E-state index contributed by atoms with van der Waals surface area (Å²) in [5.41, 5.74) is 5.99. The molecule has 0 bridgehead atoms. The van der Waals surface area contributed by atoms with Crippen LogP contribution < -0.4 is 5.43 Å². The van der Waals surface area contributed by atoms with Crippen LogP contribution in [0.5, 0.6) is 0 Å². The molecule has 1 aromatic carbocycles. The van der Waals surface area contributed by atoms with E-state index in [1.807, 2.05) is 4.68 Å². The van der Waals surface area contributed by atoms with Crippen LogP contribution in [0.25, 0.3) is 0 Å². The molecule has 0 saturated carbocycles. The van der Waals surface area contributed by atoms with Gasteiger partial charge in [0.15, 0.2) is 0 Å². The van der Waals surface area contributed by atoms with E-state index >= 15 is 0 Å². The highest BCUT2D eigenvalue weighted by atomic mass is 32.2. The first kappa shape index (κ1) is 9.72. The van der Waals surface area contributed by atoms with E-state index in [-0.39, 0.29) is 0 Å². The summed E-state index contributed by atoms with van der Waals surface area (Å²) < 4.78 is 1.89. The van der Waals surface area contributed by atoms with Gasteiger partial charge in [0.05, 0.1) is 6.04 Å². The SMILES string of the molecule is Cc1cccc(C2CSc3nncn3N2)c1. The molecule has 1 unspecified atom stereocenters. The lowest BCUT2D eigenvalue weighted by atomic mass is 10.1. The number of rotatable bonds is 1. The Morgan fingerprint density at radius 3 is 3.31 bits per heavy atom. The molecular formula is C11H12N4S. The molecule has 1 aliphatic rings. The summed E-state index contributed by atoms with van der Waals surface area (Å²) in [6, 6.07) is 8.91. The van der Waals surface area contributed by atoms with Crippen LogP contribution in [0.4, 0.5) is 0 Å². The van der Waals surface area contributed by atoms with E-state index in [4.69, 9.17) is 0 Å². The zero-order chi connectivity index (χ0) is 11.0. The largest absolute Gasteiger partial charge is 0.314 e. The van der Waals surface area contributed by atoms with E-state index in [0.717, 1.165) is 10.9 Å². The maximum absolute atomic E-state index is 4.02. The van der Waals surface area contributed by atoms with Crippen molar-refractivity contribution in [2.45, 2.75) is 18.1 Å². The van der Waals surface area contributed by atoms with Gasteiger partial charge >= 0.3 is 0 Å². The molecule has 1 N–H and O–H groups in total. The summed E-state index contributed by atoms with van der Waals surface area (Å²) >= 11 is 1.73. The molecule has 5 heteroatoms. The molecule has 82 valence electrons. The first-order valence-electron chi connectivity index (χ1n) is 5.19. The molecule has 0 saturated heterocycles. The highest BCUT2D eigenvalue weighted by Crippen LogP contribution is 2.28. The van der Waals surface area contributed by atoms with E-state index in [9.17, 15) is 0 Å². The molecule has 3 rings (SSSR count). The Bertz CT molecular complexity index is 508. The minimum absolute atomic E-state index is 0.327. The maximum atomic E-state index is 4.02. The number of hydrogen-bond donors (Lipinski definition) is 1. The molecular weight excluding hydrogens is 220 g/mol. The first-order chi connectivity index (χ1) is 7.83. The number of aromatic nitrogens is 3. The Morgan fingerprint density at radius 2 is 2.44 bits per heavy atom. The summed E-state index contributed by atoms with van der Waals surface area (Å²) in [4.78, 5) is 0. The van der Waals surface area contributed by atoms with E-state index in [0.29, 0.717) is 6.04 Å². The van der Waals surface area contributed by atoms with Gasteiger partial charge in [0.2, 0.25) is 5.16 Å². The standard InChI is InChI=1S/C11H12N4S/c1-8-3-2-4-9(5-8)10-6-16-11-13-12-7-15(11)14-10/h2-5,7,10,14H,6H2,1H3. The van der Waals surface area contributed by atoms with Crippen molar-refractivity contribution in [1.82, 2.24) is 14.9 Å². The van der Waals surface area contributed by atoms with Crippen molar-refractivity contribution in [2.75, 3.05) is 11.2 Å². The molecule has 2 heterocycles. The van der Waals surface area contributed by atoms with Crippen molar-refractivity contribution in [3.63, 3.8) is 0 Å². The summed E-state index contributed by atoms with van der Waals surface area (Å²) in [7, 11) is 0. The maximum Gasteiger partial charge on any atom is 0.209 e. The van der Waals surface area contributed by atoms with Crippen LogP contribution in [0, 0.1) is 6.92 Å². The van der Waals surface area contributed by atoms with Crippen LogP contribution in [0.1, 0.15) is 17.2 Å². The van der Waals surface area contributed by atoms with Crippen molar-refractivity contribution < 1.29 is 0 Å². The summed E-state index contributed by atoms with van der Waals surface area (Å²) in [5, 5.41) is 8.83. The van der Waals surface area contributed by atoms with Crippen LogP contribution in [-0.2, 0) is 0 Å². The quantitative estimate of drug-likeness (QED) is 0.816. The third-order valence-corrected chi connectivity index (χ3v) is 3.67. The fourth-order valence-electron chi connectivity index (χ4n) is 1.83. The van der Waals surface area contributed by atoms with Gasteiger partial charge in [-0.1, -0.05) is 41.6 Å². The minimum atomic E-state index is 0.327. The Balaban J connectivity index is 1.88. The second-order valence-corrected chi connectivity index (χ2v) is 4.88. The van der Waals surface area contributed by atoms with Gasteiger partial charge in [-0.15, -0.1) is 10.2 Å². The molecule has 1 aromatic heterocycles. The highest BCUT2D eigenvalue weighted by Gasteiger charge is 2.20. The van der Waals surface area contributed by atoms with Crippen LogP contribution in [-0.4, -0.2) is 20.6 Å². The molecule has 0 spiro atoms. The molecule has 1 atom stereocenters. The summed E-state index contributed by atoms with van der Waals surface area (Å²) in [5.74, 6) is 0.988. The van der Waals surface area contributed by atoms with Crippen LogP contribution in [0.2, 0.25) is 0 Å². The molecule has 1 aliphatic heterocycles. The van der Waals surface area contributed by atoms with Crippen molar-refractivity contribution in [3.05, 3.63) is 41.7 Å². The molecule has 0 aliphatic carbocycles. The fourth-order valence-corrected chi connectivity index (χ4v) is 2.76. The number of aryl methyl sites for hydroxylation is 1. The molecule has 2 aromatic rings. The van der Waals surface area contributed by atoms with E-state index in [1.54, 1.807) is 18.1 Å². The number of nitrogens with one attached hydrogen (secondary N) is 1. The van der Waals surface area contributed by atoms with Crippen LogP contribution in [0.3, 0.4) is 0 Å². The minimum Gasteiger partial charge on any atom is -0.314 e. The van der Waals surface area contributed by atoms with Crippen molar-refractivity contribution in [1.29, 1.82) is 0 Å². The second-order valence-electron chi connectivity index (χ2n) is 3.89. The lowest BCUT2D eigenvalue weighted by Crippen LogP contribution is -2.27. The number of thioether (sulfide) groups is 1. The Morgan fingerprint density at radius 1 is 1.50 bits per heavy atom. The van der Waals surface area contributed by atoms with Gasteiger partial charge in [0.1, 0.15) is 6.33 Å². The smallest absolute Gasteiger partial charge is 0.209 e. The summed E-state index contributed by atoms with van der Waals surface area (Å²) in [6.45, 7) is 2.11. The van der Waals surface area contributed by atoms with Crippen molar-refractivity contribution in [2.24, 2.45) is 0 Å². The monoisotopic (exact) mass is 232 g/mol. The molecule has 0 fully saturated rings. The number of fused-ring (bicyclic) bond motifs is 1. The number of hydrogen-bond acceptors (Lipinski definition) is 4. The Kier molecular flexibility index (Phi) is 2.32.